The lowest BCUT2D eigenvalue weighted by Crippen LogP contribution is -2.33. The zero-order valence-electron chi connectivity index (χ0n) is 17.9. The van der Waals surface area contributed by atoms with Gasteiger partial charge in [0.15, 0.2) is 30.6 Å². The number of hydrogen-bond donors (Lipinski definition) is 1. The van der Waals surface area contributed by atoms with E-state index in [9.17, 15) is 26.3 Å². The van der Waals surface area contributed by atoms with Crippen molar-refractivity contribution in [3.8, 4) is 22.5 Å². The maximum atomic E-state index is 14.9. The first kappa shape index (κ1) is 22.6. The van der Waals surface area contributed by atoms with Gasteiger partial charge in [-0.1, -0.05) is 36.4 Å². The second-order valence-electron chi connectivity index (χ2n) is 7.96. The molecule has 0 unspecified atom stereocenters. The van der Waals surface area contributed by atoms with Crippen LogP contribution in [0, 0.1) is 17.5 Å². The first-order valence-corrected chi connectivity index (χ1v) is 10.5. The smallest absolute Gasteiger partial charge is 0.333 e. The highest BCUT2D eigenvalue weighted by molar-refractivity contribution is 5.77. The molecule has 0 radical (unpaired) electrons. The Morgan fingerprint density at radius 3 is 2.34 bits per heavy atom. The normalized spacial score (nSPS) is 11.8. The van der Waals surface area contributed by atoms with Crippen LogP contribution < -0.4 is 4.57 Å². The fourth-order valence-electron chi connectivity index (χ4n) is 3.96. The third kappa shape index (κ3) is 4.37. The van der Waals surface area contributed by atoms with Gasteiger partial charge in [0.1, 0.15) is 22.7 Å². The number of H-pyrrole nitrogens is 1. The number of nitrogens with zero attached hydrogens (tertiary/aromatic N) is 2. The van der Waals surface area contributed by atoms with Crippen molar-refractivity contribution in [1.29, 1.82) is 0 Å². The number of halogens is 6. The van der Waals surface area contributed by atoms with E-state index in [-0.39, 0.29) is 29.1 Å². The lowest BCUT2D eigenvalue weighted by Gasteiger charge is -2.13. The van der Waals surface area contributed by atoms with E-state index >= 15 is 0 Å². The van der Waals surface area contributed by atoms with Gasteiger partial charge >= 0.3 is 6.18 Å². The Bertz CT molecular complexity index is 1560. The number of hydrogen-bond acceptors (Lipinski definition) is 1. The van der Waals surface area contributed by atoms with Crippen LogP contribution in [0.1, 0.15) is 11.1 Å². The number of fused-ring (bicyclic) bond motifs is 1. The molecule has 0 saturated carbocycles. The number of nitrogens with one attached hydrogen (secondary N) is 1. The molecular weight excluding hydrogens is 468 g/mol. The molecule has 0 aliphatic rings. The second kappa shape index (κ2) is 8.57. The van der Waals surface area contributed by atoms with E-state index in [4.69, 9.17) is 0 Å². The summed E-state index contributed by atoms with van der Waals surface area (Å²) in [6, 6.07) is 14.4. The van der Waals surface area contributed by atoms with Gasteiger partial charge in [-0.25, -0.2) is 18.2 Å². The third-order valence-electron chi connectivity index (χ3n) is 5.61. The maximum Gasteiger partial charge on any atom is 0.417 e. The van der Waals surface area contributed by atoms with Gasteiger partial charge in [-0.05, 0) is 29.8 Å². The van der Waals surface area contributed by atoms with E-state index in [1.165, 1.54) is 42.5 Å². The Morgan fingerprint density at radius 2 is 1.57 bits per heavy atom. The summed E-state index contributed by atoms with van der Waals surface area (Å²) in [5.74, 6) is -2.61. The Hall–Kier alpha value is -4.14. The van der Waals surface area contributed by atoms with Crippen LogP contribution in [0.15, 0.2) is 79.1 Å². The molecule has 0 aliphatic heterocycles. The van der Waals surface area contributed by atoms with E-state index in [2.05, 4.69) is 9.97 Å². The van der Waals surface area contributed by atoms with E-state index < -0.39 is 29.2 Å². The van der Waals surface area contributed by atoms with Crippen molar-refractivity contribution in [2.24, 2.45) is 0 Å². The number of imidazole rings is 1. The molecule has 2 aromatic heterocycles. The number of aromatic amines is 1. The highest BCUT2D eigenvalue weighted by atomic mass is 19.4. The minimum Gasteiger partial charge on any atom is -0.333 e. The average molecular weight is 484 g/mol. The Balaban J connectivity index is 1.44. The molecule has 0 fully saturated rings. The second-order valence-corrected chi connectivity index (χ2v) is 7.96. The molecule has 0 spiro atoms. The SMILES string of the molecule is Fc1cc(C[n+]2ccc3nc(-c4cccc(F)c4F)[nH]c3c2)ccc1-c1ccccc1C(F)(F)F. The lowest BCUT2D eigenvalue weighted by atomic mass is 9.97. The molecule has 1 N–H and O–H groups in total. The van der Waals surface area contributed by atoms with Gasteiger partial charge in [0.25, 0.3) is 0 Å². The summed E-state index contributed by atoms with van der Waals surface area (Å²) < 4.78 is 84.3. The largest absolute Gasteiger partial charge is 0.417 e. The molecule has 5 rings (SSSR count). The van der Waals surface area contributed by atoms with Crippen LogP contribution in [0.5, 0.6) is 0 Å². The molecular formula is C26H16F6N3+. The molecule has 9 heteroatoms. The molecule has 5 aromatic rings. The van der Waals surface area contributed by atoms with Crippen LogP contribution >= 0.6 is 0 Å². The average Bonchev–Trinajstić information content (AvgIpc) is 3.23. The summed E-state index contributed by atoms with van der Waals surface area (Å²) in [5, 5.41) is 0. The van der Waals surface area contributed by atoms with Crippen molar-refractivity contribution < 1.29 is 30.9 Å². The zero-order chi connectivity index (χ0) is 24.7. The molecule has 0 atom stereocenters. The standard InChI is InChI=1S/C26H15F6N3/c27-20-7-3-5-18(24(20)29)25-33-22-10-11-35(14-23(22)34-25)13-15-8-9-17(21(28)12-15)16-4-1-2-6-19(16)26(30,31)32/h1-12,14H,13H2/p+1. The molecule has 2 heterocycles. The first-order chi connectivity index (χ1) is 16.7. The number of aromatic nitrogens is 3. The summed E-state index contributed by atoms with van der Waals surface area (Å²) in [5.41, 5.74) is 0.300. The highest BCUT2D eigenvalue weighted by Crippen LogP contribution is 2.38. The third-order valence-corrected chi connectivity index (χ3v) is 5.61. The number of rotatable bonds is 4. The quantitative estimate of drug-likeness (QED) is 0.224. The van der Waals surface area contributed by atoms with Crippen molar-refractivity contribution in [2.75, 3.05) is 0 Å². The van der Waals surface area contributed by atoms with Crippen LogP contribution in [-0.4, -0.2) is 9.97 Å². The van der Waals surface area contributed by atoms with Crippen molar-refractivity contribution in [2.45, 2.75) is 12.7 Å². The Labute approximate surface area is 195 Å². The zero-order valence-corrected chi connectivity index (χ0v) is 17.9. The number of benzene rings is 3. The van der Waals surface area contributed by atoms with Gasteiger partial charge in [0, 0.05) is 17.2 Å². The molecule has 0 saturated heterocycles. The molecule has 0 bridgehead atoms. The van der Waals surface area contributed by atoms with Crippen molar-refractivity contribution in [1.82, 2.24) is 9.97 Å². The molecule has 35 heavy (non-hydrogen) atoms. The van der Waals surface area contributed by atoms with Gasteiger partial charge in [-0.3, -0.25) is 0 Å². The maximum absolute atomic E-state index is 14.9. The van der Waals surface area contributed by atoms with E-state index in [0.717, 1.165) is 12.1 Å². The Morgan fingerprint density at radius 1 is 0.800 bits per heavy atom. The van der Waals surface area contributed by atoms with Crippen molar-refractivity contribution in [3.63, 3.8) is 0 Å². The van der Waals surface area contributed by atoms with Crippen LogP contribution in [0.2, 0.25) is 0 Å². The van der Waals surface area contributed by atoms with E-state index in [0.29, 0.717) is 16.6 Å². The molecule has 0 amide bonds. The van der Waals surface area contributed by atoms with Gasteiger partial charge < -0.3 is 4.98 Å². The fraction of sp³-hybridized carbons (Fsp3) is 0.0769. The molecule has 3 nitrogen and oxygen atoms in total. The number of alkyl halides is 3. The van der Waals surface area contributed by atoms with Crippen molar-refractivity contribution >= 4 is 11.0 Å². The minimum atomic E-state index is -4.61. The summed E-state index contributed by atoms with van der Waals surface area (Å²) in [6.07, 6.45) is -1.25. The predicted molar refractivity (Wildman–Crippen MR) is 118 cm³/mol. The van der Waals surface area contributed by atoms with Crippen LogP contribution in [0.25, 0.3) is 33.5 Å². The summed E-state index contributed by atoms with van der Waals surface area (Å²) in [6.45, 7) is 0.219. The minimum absolute atomic E-state index is 0.00968. The molecule has 3 aromatic carbocycles. The number of pyridine rings is 1. The van der Waals surface area contributed by atoms with Crippen molar-refractivity contribution in [3.05, 3.63) is 108 Å². The van der Waals surface area contributed by atoms with Gasteiger partial charge in [0.05, 0.1) is 11.1 Å². The van der Waals surface area contributed by atoms with Gasteiger partial charge in [0.2, 0.25) is 0 Å². The van der Waals surface area contributed by atoms with E-state index in [1.807, 2.05) is 0 Å². The highest BCUT2D eigenvalue weighted by Gasteiger charge is 2.33. The predicted octanol–water partition coefficient (Wildman–Crippen LogP) is 6.67. The molecule has 0 aliphatic carbocycles. The van der Waals surface area contributed by atoms with Crippen LogP contribution in [0.3, 0.4) is 0 Å². The monoisotopic (exact) mass is 484 g/mol. The van der Waals surface area contributed by atoms with Gasteiger partial charge in [-0.15, -0.1) is 0 Å². The topological polar surface area (TPSA) is 32.6 Å². The van der Waals surface area contributed by atoms with Crippen LogP contribution in [0.4, 0.5) is 26.3 Å². The summed E-state index contributed by atoms with van der Waals surface area (Å²) >= 11 is 0. The summed E-state index contributed by atoms with van der Waals surface area (Å²) in [4.78, 5) is 7.24. The molecule has 176 valence electrons. The van der Waals surface area contributed by atoms with Crippen LogP contribution in [-0.2, 0) is 12.7 Å². The van der Waals surface area contributed by atoms with Gasteiger partial charge in [-0.2, -0.15) is 17.7 Å². The fourth-order valence-corrected chi connectivity index (χ4v) is 3.96. The Kier molecular flexibility index (Phi) is 5.55. The first-order valence-electron chi connectivity index (χ1n) is 10.5. The lowest BCUT2D eigenvalue weighted by molar-refractivity contribution is -0.687. The van der Waals surface area contributed by atoms with E-state index in [1.54, 1.807) is 29.1 Å². The summed E-state index contributed by atoms with van der Waals surface area (Å²) in [7, 11) is 0.